The van der Waals surface area contributed by atoms with Crippen LogP contribution < -0.4 is 4.74 Å². The second kappa shape index (κ2) is 58.5. The third-order valence-electron chi connectivity index (χ3n) is 12.5. The van der Waals surface area contributed by atoms with E-state index < -0.39 is 0 Å². The Morgan fingerprint density at radius 3 is 1.70 bits per heavy atom. The monoisotopic (exact) mass is 1370 g/mol. The number of para-hydroxylation sites is 7. The molecule has 0 atom stereocenters. The summed E-state index contributed by atoms with van der Waals surface area (Å²) in [5.41, 5.74) is 15.7. The van der Waals surface area contributed by atoms with E-state index in [9.17, 15) is 0 Å². The van der Waals surface area contributed by atoms with Crippen LogP contribution >= 0.6 is 11.3 Å². The van der Waals surface area contributed by atoms with Gasteiger partial charge in [-0.05, 0) is 121 Å². The van der Waals surface area contributed by atoms with E-state index in [-0.39, 0.29) is 0 Å². The van der Waals surface area contributed by atoms with Gasteiger partial charge >= 0.3 is 0 Å². The summed E-state index contributed by atoms with van der Waals surface area (Å²) in [6.07, 6.45) is 23.7. The van der Waals surface area contributed by atoms with Crippen molar-refractivity contribution in [3.05, 3.63) is 273 Å². The highest BCUT2D eigenvalue weighted by Crippen LogP contribution is 2.24. The van der Waals surface area contributed by atoms with Crippen LogP contribution in [0.4, 0.5) is 5.69 Å². The molecule has 18 rings (SSSR count). The van der Waals surface area contributed by atoms with E-state index in [2.05, 4.69) is 108 Å². The number of ether oxygens (including phenoxy) is 1. The van der Waals surface area contributed by atoms with E-state index in [0.29, 0.717) is 12.3 Å². The number of thiazole rings is 1. The number of oxazole rings is 1. The van der Waals surface area contributed by atoms with Gasteiger partial charge in [0.2, 0.25) is 5.71 Å². The second-order valence-electron chi connectivity index (χ2n) is 17.9. The molecule has 16 nitrogen and oxygen atoms in total. The van der Waals surface area contributed by atoms with Gasteiger partial charge in [-0.2, -0.15) is 10.2 Å². The Morgan fingerprint density at radius 1 is 0.410 bits per heavy atom. The molecule has 0 unspecified atom stereocenters. The molecule has 17 heteroatoms. The van der Waals surface area contributed by atoms with Crippen LogP contribution in [0.1, 0.15) is 154 Å². The highest BCUT2D eigenvalue weighted by molar-refractivity contribution is 7.16. The minimum atomic E-state index is 0.644. The summed E-state index contributed by atoms with van der Waals surface area (Å²) in [6, 6.07) is 57.9. The molecule has 0 fully saturated rings. The summed E-state index contributed by atoms with van der Waals surface area (Å²) in [4.78, 5) is 42.4. The van der Waals surface area contributed by atoms with Crippen molar-refractivity contribution in [1.29, 1.82) is 0 Å². The first kappa shape index (κ1) is 87.4. The van der Waals surface area contributed by atoms with Crippen LogP contribution in [-0.2, 0) is 25.8 Å². The van der Waals surface area contributed by atoms with Gasteiger partial charge in [-0.25, -0.2) is 24.9 Å². The Kier molecular flexibility index (Phi) is 51.1. The van der Waals surface area contributed by atoms with Crippen molar-refractivity contribution >= 4 is 82.3 Å². The lowest BCUT2D eigenvalue weighted by Crippen LogP contribution is -1.85. The minimum Gasteiger partial charge on any atom is -0.491 e. The predicted octanol–water partition coefficient (Wildman–Crippen LogP) is 24.8. The van der Waals surface area contributed by atoms with Gasteiger partial charge in [-0.1, -0.05) is 210 Å². The molecule has 100 heavy (non-hydrogen) atoms. The number of fused-ring (bicyclic) bond motifs is 9. The molecule has 1 aliphatic carbocycles. The number of imidazole rings is 1. The Hall–Kier alpha value is -10.7. The van der Waals surface area contributed by atoms with E-state index in [1.54, 1.807) is 48.7 Å². The Labute approximate surface area is 599 Å². The van der Waals surface area contributed by atoms with Crippen LogP contribution in [-0.4, -0.2) is 61.4 Å². The lowest BCUT2D eigenvalue weighted by Gasteiger charge is -1.92. The third kappa shape index (κ3) is 31.7. The number of nitrogens with one attached hydrogen (secondary N) is 2. The number of aryl methyl sites for hydroxylation is 2. The Morgan fingerprint density at radius 2 is 1.03 bits per heavy atom. The maximum atomic E-state index is 5.24. The number of hydrogen-bond donors (Lipinski definition) is 2. The SMILES string of the molecule is CC.CC.CC.CC.CC.CC.CC.CC.CC.c1cc2c(cn1)OCC2.c1ccc2[nH]ccc2c1.c1ccc2[nH]cnc2c1.c1ccc2ncccc2c1.c1ccc2ocnc2c1.c1ccc2scnc2c1.c1cnc2c(c1)CCC2.c1cnc2c(c1)N=NC2.c1ncc2ccoc2n1. The average Bonchev–Trinajstić information content (AvgIpc) is 2.38. The Bertz CT molecular complexity index is 3660. The highest BCUT2D eigenvalue weighted by Gasteiger charge is 2.10. The number of nitrogens with zero attached hydrogens (tertiary/aromatic N) is 11. The Balaban J connectivity index is 0.000000547. The van der Waals surface area contributed by atoms with Crippen molar-refractivity contribution < 1.29 is 13.6 Å². The van der Waals surface area contributed by atoms with Crippen molar-refractivity contribution in [2.75, 3.05) is 6.61 Å². The lowest BCUT2D eigenvalue weighted by molar-refractivity contribution is 0.355. The van der Waals surface area contributed by atoms with Gasteiger partial charge < -0.3 is 23.5 Å². The summed E-state index contributed by atoms with van der Waals surface area (Å²) in [7, 11) is 0. The lowest BCUT2D eigenvalue weighted by atomic mass is 10.2. The molecule has 2 N–H and O–H groups in total. The molecule has 0 saturated heterocycles. The zero-order valence-electron chi connectivity index (χ0n) is 62.5. The van der Waals surface area contributed by atoms with Gasteiger partial charge in [0.15, 0.2) is 12.0 Å². The van der Waals surface area contributed by atoms with Crippen LogP contribution in [0.2, 0.25) is 0 Å². The molecule has 12 heterocycles. The number of benzene rings is 5. The number of aromatic amines is 2. The van der Waals surface area contributed by atoms with Crippen molar-refractivity contribution in [2.24, 2.45) is 10.2 Å². The van der Waals surface area contributed by atoms with Gasteiger partial charge in [0.05, 0.1) is 68.8 Å². The molecule has 0 radical (unpaired) electrons. The van der Waals surface area contributed by atoms with Gasteiger partial charge in [0, 0.05) is 65.8 Å². The summed E-state index contributed by atoms with van der Waals surface area (Å²) in [5, 5.41) is 11.1. The van der Waals surface area contributed by atoms with Crippen LogP contribution in [0.3, 0.4) is 0 Å². The molecule has 0 spiro atoms. The molecular formula is C83H109N13O3S. The largest absolute Gasteiger partial charge is 0.491 e. The van der Waals surface area contributed by atoms with Gasteiger partial charge in [-0.15, -0.1) is 11.3 Å². The molecule has 0 amide bonds. The van der Waals surface area contributed by atoms with E-state index >= 15 is 0 Å². The van der Waals surface area contributed by atoms with E-state index in [4.69, 9.17) is 13.6 Å². The molecule has 0 saturated carbocycles. The fraction of sp³-hybridized carbons (Fsp3) is 0.289. The van der Waals surface area contributed by atoms with Crippen molar-refractivity contribution in [3.63, 3.8) is 0 Å². The second-order valence-corrected chi connectivity index (χ2v) is 18.8. The maximum Gasteiger partial charge on any atom is 0.228 e. The standard InChI is InChI=1S/C9H7N.C8H9N.C8H7N.C7H6N2.C7H7NO.C7H5NO.C7H5NS.C6H5N3.C6H4N2O.9C2H6/c1-2-6-9-8(4-1)5-3-7-10-9;1-3-7-4-2-6-9-8(7)5-1;1-2-4-8-7(3-1)5-6-9-8;1-2-4-7-6(3-1)8-5-9-7;1-3-8-5-7-6(1)2-4-9-7;2*1-2-4-7-6(3-1)8-5-9-7;1-2-5-6(7-3-1)4-8-9-5;1-2-9-6-5(1)3-7-4-8-6;9*1-2/h1-7H;2,4,6H,1,3,5H2;1-6,9H;1-5H,(H,8,9);1,3,5H,2,4H2;2*1-5H;1-3H,4H2;1-4H;9*1-2H3. The molecule has 15 aromatic rings. The van der Waals surface area contributed by atoms with Crippen LogP contribution in [0.5, 0.6) is 5.75 Å². The number of H-pyrrole nitrogens is 2. The maximum absolute atomic E-state index is 5.24. The number of pyridine rings is 4. The first-order chi connectivity index (χ1) is 49.7. The fourth-order valence-corrected chi connectivity index (χ4v) is 9.10. The van der Waals surface area contributed by atoms with Crippen molar-refractivity contribution in [2.45, 2.75) is 157 Å². The summed E-state index contributed by atoms with van der Waals surface area (Å²) in [5.74, 6) is 0.956. The normalized spacial score (nSPS) is 10.1. The van der Waals surface area contributed by atoms with E-state index in [0.717, 1.165) is 68.7 Å². The topological polar surface area (TPSA) is 208 Å². The molecular weight excluding hydrogens is 1260 g/mol. The molecule has 0 bridgehead atoms. The summed E-state index contributed by atoms with van der Waals surface area (Å²) in [6.45, 7) is 37.5. The number of azo groups is 1. The number of furan rings is 1. The molecule has 2 aliphatic heterocycles. The van der Waals surface area contributed by atoms with Gasteiger partial charge in [0.25, 0.3) is 0 Å². The van der Waals surface area contributed by atoms with Crippen LogP contribution in [0.15, 0.2) is 269 Å². The zero-order valence-corrected chi connectivity index (χ0v) is 63.3. The molecule has 530 valence electrons. The number of rotatable bonds is 0. The average molecular weight is 1370 g/mol. The number of aromatic nitrogens is 11. The van der Waals surface area contributed by atoms with Gasteiger partial charge in [0.1, 0.15) is 29.8 Å². The van der Waals surface area contributed by atoms with Crippen molar-refractivity contribution in [1.82, 2.24) is 54.8 Å². The first-order valence-corrected chi connectivity index (χ1v) is 36.3. The van der Waals surface area contributed by atoms with Crippen molar-refractivity contribution in [3.8, 4) is 5.75 Å². The third-order valence-corrected chi connectivity index (χ3v) is 13.3. The van der Waals surface area contributed by atoms with E-state index in [1.165, 1.54) is 69.8 Å². The molecule has 10 aromatic heterocycles. The zero-order chi connectivity index (χ0) is 73.6. The van der Waals surface area contributed by atoms with E-state index in [1.807, 2.05) is 282 Å². The summed E-state index contributed by atoms with van der Waals surface area (Å²) < 4.78 is 16.5. The molecule has 5 aromatic carbocycles. The number of hydrogen-bond acceptors (Lipinski definition) is 15. The quantitative estimate of drug-likeness (QED) is 0.145. The predicted molar refractivity (Wildman–Crippen MR) is 426 cm³/mol. The molecule has 3 aliphatic rings. The first-order valence-electron chi connectivity index (χ1n) is 35.4. The smallest absolute Gasteiger partial charge is 0.228 e. The highest BCUT2D eigenvalue weighted by atomic mass is 32.1. The fourth-order valence-electron chi connectivity index (χ4n) is 8.42. The van der Waals surface area contributed by atoms with Crippen LogP contribution in [0, 0.1) is 0 Å². The summed E-state index contributed by atoms with van der Waals surface area (Å²) >= 11 is 1.68. The minimum absolute atomic E-state index is 0.644. The van der Waals surface area contributed by atoms with Gasteiger partial charge in [-0.3, -0.25) is 19.9 Å². The van der Waals surface area contributed by atoms with Crippen LogP contribution in [0.25, 0.3) is 65.3 Å².